The van der Waals surface area contributed by atoms with E-state index in [-0.39, 0.29) is 5.82 Å². The van der Waals surface area contributed by atoms with Crippen molar-refractivity contribution < 1.29 is 13.9 Å². The Kier molecular flexibility index (Phi) is 6.48. The van der Waals surface area contributed by atoms with Gasteiger partial charge in [-0.25, -0.2) is 4.39 Å². The van der Waals surface area contributed by atoms with Crippen molar-refractivity contribution in [2.45, 2.75) is 25.9 Å². The van der Waals surface area contributed by atoms with E-state index in [1.54, 1.807) is 19.2 Å². The van der Waals surface area contributed by atoms with E-state index in [4.69, 9.17) is 21.7 Å². The quantitative estimate of drug-likeness (QED) is 0.588. The van der Waals surface area contributed by atoms with Crippen molar-refractivity contribution in [2.75, 3.05) is 20.2 Å². The van der Waals surface area contributed by atoms with E-state index in [0.717, 1.165) is 33.7 Å². The van der Waals surface area contributed by atoms with Gasteiger partial charge in [0.15, 0.2) is 11.5 Å². The van der Waals surface area contributed by atoms with Crippen LogP contribution in [0.5, 0.6) is 11.5 Å². The van der Waals surface area contributed by atoms with Crippen LogP contribution in [0.25, 0.3) is 0 Å². The molecule has 1 aliphatic rings. The monoisotopic (exact) mass is 437 g/mol. The lowest BCUT2D eigenvalue weighted by Gasteiger charge is -2.29. The van der Waals surface area contributed by atoms with Crippen LogP contribution in [0.1, 0.15) is 30.4 Å². The zero-order valence-electron chi connectivity index (χ0n) is 14.6. The Labute approximate surface area is 167 Å². The van der Waals surface area contributed by atoms with Gasteiger partial charge < -0.3 is 14.4 Å². The van der Waals surface area contributed by atoms with Crippen molar-refractivity contribution in [3.8, 4) is 11.5 Å². The lowest BCUT2D eigenvalue weighted by Crippen LogP contribution is -2.34. The molecule has 0 saturated carbocycles. The number of halogens is 2. The number of hydrogen-bond donors (Lipinski definition) is 0. The van der Waals surface area contributed by atoms with Crippen LogP contribution in [-0.4, -0.2) is 30.1 Å². The van der Waals surface area contributed by atoms with Crippen molar-refractivity contribution in [2.24, 2.45) is 0 Å². The summed E-state index contributed by atoms with van der Waals surface area (Å²) < 4.78 is 25.2. The minimum absolute atomic E-state index is 0.261. The predicted molar refractivity (Wildman–Crippen MR) is 109 cm³/mol. The highest BCUT2D eigenvalue weighted by atomic mass is 79.9. The molecule has 1 heterocycles. The number of hydrogen-bond acceptors (Lipinski definition) is 3. The molecular formula is C20H21BrFNO2S. The van der Waals surface area contributed by atoms with Gasteiger partial charge in [-0.05, 0) is 65.0 Å². The van der Waals surface area contributed by atoms with Crippen molar-refractivity contribution >= 4 is 33.1 Å². The van der Waals surface area contributed by atoms with E-state index in [1.807, 2.05) is 12.1 Å². The maximum Gasteiger partial charge on any atom is 0.175 e. The van der Waals surface area contributed by atoms with E-state index in [2.05, 4.69) is 20.8 Å². The molecule has 1 fully saturated rings. The Hall–Kier alpha value is -1.66. The smallest absolute Gasteiger partial charge is 0.175 e. The Morgan fingerprint density at radius 2 is 1.85 bits per heavy atom. The maximum atomic E-state index is 13.0. The fourth-order valence-corrected chi connectivity index (χ4v) is 3.86. The number of rotatable bonds is 5. The second kappa shape index (κ2) is 8.82. The minimum atomic E-state index is -0.261. The summed E-state index contributed by atoms with van der Waals surface area (Å²) in [4.78, 5) is 3.09. The molecule has 0 aliphatic carbocycles. The average Bonchev–Trinajstić information content (AvgIpc) is 2.68. The van der Waals surface area contributed by atoms with Gasteiger partial charge in [0.05, 0.1) is 11.6 Å². The molecule has 0 amide bonds. The molecule has 0 bridgehead atoms. The van der Waals surface area contributed by atoms with Gasteiger partial charge in [-0.15, -0.1) is 0 Å². The number of thiocarbonyl (C=S) groups is 1. The number of methoxy groups -OCH3 is 1. The van der Waals surface area contributed by atoms with Gasteiger partial charge in [0, 0.05) is 18.7 Å². The van der Waals surface area contributed by atoms with E-state index in [1.165, 1.54) is 31.4 Å². The zero-order chi connectivity index (χ0) is 18.5. The molecule has 0 aromatic heterocycles. The molecule has 138 valence electrons. The molecule has 0 radical (unpaired) electrons. The Balaban J connectivity index is 1.78. The summed E-state index contributed by atoms with van der Waals surface area (Å²) in [5, 5.41) is 0. The second-order valence-corrected chi connectivity index (χ2v) is 7.50. The molecule has 0 unspecified atom stereocenters. The summed E-state index contributed by atoms with van der Waals surface area (Å²) in [6, 6.07) is 10.1. The van der Waals surface area contributed by atoms with Crippen molar-refractivity contribution in [3.63, 3.8) is 0 Å². The van der Waals surface area contributed by atoms with Crippen LogP contribution >= 0.6 is 28.1 Å². The summed E-state index contributed by atoms with van der Waals surface area (Å²) in [5.74, 6) is 0.973. The first kappa shape index (κ1) is 19.1. The van der Waals surface area contributed by atoms with Gasteiger partial charge in [-0.2, -0.15) is 0 Å². The molecule has 1 aliphatic heterocycles. The molecule has 0 N–H and O–H groups in total. The molecule has 2 aromatic rings. The first-order chi connectivity index (χ1) is 12.6. The first-order valence-electron chi connectivity index (χ1n) is 8.62. The van der Waals surface area contributed by atoms with Gasteiger partial charge in [-0.1, -0.05) is 24.4 Å². The molecule has 2 aromatic carbocycles. The highest BCUT2D eigenvalue weighted by Gasteiger charge is 2.19. The number of likely N-dealkylation sites (tertiary alicyclic amines) is 1. The largest absolute Gasteiger partial charge is 0.493 e. The summed E-state index contributed by atoms with van der Waals surface area (Å²) >= 11 is 9.25. The fraction of sp³-hybridized carbons (Fsp3) is 0.350. The minimum Gasteiger partial charge on any atom is -0.493 e. The lowest BCUT2D eigenvalue weighted by atomic mass is 10.1. The van der Waals surface area contributed by atoms with E-state index >= 15 is 0 Å². The highest BCUT2D eigenvalue weighted by molar-refractivity contribution is 9.10. The van der Waals surface area contributed by atoms with Crippen LogP contribution in [0.4, 0.5) is 4.39 Å². The number of ether oxygens (including phenoxy) is 2. The first-order valence-corrected chi connectivity index (χ1v) is 9.82. The Bertz CT molecular complexity index is 776. The topological polar surface area (TPSA) is 21.7 Å². The van der Waals surface area contributed by atoms with Crippen LogP contribution in [0.2, 0.25) is 0 Å². The standard InChI is InChI=1S/C20H21BrFNO2S/c1-24-18-12-15(20(26)23-9-3-2-4-10-23)11-17(21)19(18)25-13-14-5-7-16(22)8-6-14/h5-8,11-12H,2-4,9-10,13H2,1H3. The predicted octanol–water partition coefficient (Wildman–Crippen LogP) is 5.34. The number of benzene rings is 2. The lowest BCUT2D eigenvalue weighted by molar-refractivity contribution is 0.282. The van der Waals surface area contributed by atoms with Gasteiger partial charge in [0.25, 0.3) is 0 Å². The molecule has 26 heavy (non-hydrogen) atoms. The third-order valence-corrected chi connectivity index (χ3v) is 5.50. The Morgan fingerprint density at radius 3 is 2.50 bits per heavy atom. The van der Waals surface area contributed by atoms with Crippen LogP contribution in [0, 0.1) is 5.82 Å². The van der Waals surface area contributed by atoms with Crippen molar-refractivity contribution in [3.05, 3.63) is 57.8 Å². The van der Waals surface area contributed by atoms with Crippen molar-refractivity contribution in [1.29, 1.82) is 0 Å². The zero-order valence-corrected chi connectivity index (χ0v) is 17.0. The van der Waals surface area contributed by atoms with Crippen molar-refractivity contribution in [1.82, 2.24) is 4.90 Å². The van der Waals surface area contributed by atoms with E-state index in [0.29, 0.717) is 18.1 Å². The third-order valence-electron chi connectivity index (χ3n) is 4.42. The maximum absolute atomic E-state index is 13.0. The van der Waals surface area contributed by atoms with E-state index in [9.17, 15) is 4.39 Å². The van der Waals surface area contributed by atoms with Gasteiger partial charge in [-0.3, -0.25) is 0 Å². The fourth-order valence-electron chi connectivity index (χ4n) is 3.00. The molecule has 3 nitrogen and oxygen atoms in total. The van der Waals surface area contributed by atoms with Gasteiger partial charge in [0.1, 0.15) is 17.4 Å². The van der Waals surface area contributed by atoms with Crippen LogP contribution in [0.3, 0.4) is 0 Å². The van der Waals surface area contributed by atoms with Gasteiger partial charge >= 0.3 is 0 Å². The third kappa shape index (κ3) is 4.54. The SMILES string of the molecule is COc1cc(C(=S)N2CCCCC2)cc(Br)c1OCc1ccc(F)cc1. The second-order valence-electron chi connectivity index (χ2n) is 6.26. The van der Waals surface area contributed by atoms with Crippen LogP contribution < -0.4 is 9.47 Å². The molecule has 0 atom stereocenters. The number of nitrogens with zero attached hydrogens (tertiary/aromatic N) is 1. The average molecular weight is 438 g/mol. The normalized spacial score (nSPS) is 14.2. The highest BCUT2D eigenvalue weighted by Crippen LogP contribution is 2.37. The molecule has 0 spiro atoms. The number of piperidine rings is 1. The van der Waals surface area contributed by atoms with Crippen LogP contribution in [0.15, 0.2) is 40.9 Å². The van der Waals surface area contributed by atoms with Gasteiger partial charge in [0.2, 0.25) is 0 Å². The van der Waals surface area contributed by atoms with Crippen LogP contribution in [-0.2, 0) is 6.61 Å². The molecule has 1 saturated heterocycles. The Morgan fingerprint density at radius 1 is 1.15 bits per heavy atom. The molecule has 6 heteroatoms. The summed E-state index contributed by atoms with van der Waals surface area (Å²) in [5.41, 5.74) is 1.83. The summed E-state index contributed by atoms with van der Waals surface area (Å²) in [7, 11) is 1.61. The summed E-state index contributed by atoms with van der Waals surface area (Å²) in [6.07, 6.45) is 3.62. The molecular weight excluding hydrogens is 417 g/mol. The van der Waals surface area contributed by atoms with E-state index < -0.39 is 0 Å². The summed E-state index contributed by atoms with van der Waals surface area (Å²) in [6.45, 7) is 2.33. The molecule has 3 rings (SSSR count).